The van der Waals surface area contributed by atoms with Crippen LogP contribution in [0.4, 0.5) is 0 Å². The van der Waals surface area contributed by atoms with E-state index in [0.29, 0.717) is 16.3 Å². The molecule has 0 aromatic heterocycles. The molecule has 1 aliphatic heterocycles. The highest BCUT2D eigenvalue weighted by molar-refractivity contribution is 7.54. The molecule has 1 saturated heterocycles. The molecule has 1 atom stereocenters. The van der Waals surface area contributed by atoms with Gasteiger partial charge in [-0.15, -0.1) is 0 Å². The Hall–Kier alpha value is -1.76. The van der Waals surface area contributed by atoms with Crippen molar-refractivity contribution in [3.8, 4) is 11.5 Å². The van der Waals surface area contributed by atoms with E-state index < -0.39 is 26.0 Å². The standard InChI is InChI=1S/C21H23Cl2O7P/c1-21(2)12-28-31(25,29-13-21)20(14-4-7-16(26-3)8-5-14)30-19(24)11-27-18-9-6-15(22)10-17(18)23/h4-10,20H,11-13H2,1-3H3. The Morgan fingerprint density at radius 2 is 1.77 bits per heavy atom. The van der Waals surface area contributed by atoms with Crippen LogP contribution < -0.4 is 9.47 Å². The molecule has 0 radical (unpaired) electrons. The summed E-state index contributed by atoms with van der Waals surface area (Å²) in [6.07, 6.45) is 0. The fourth-order valence-electron chi connectivity index (χ4n) is 2.71. The number of hydrogen-bond acceptors (Lipinski definition) is 7. The lowest BCUT2D eigenvalue weighted by molar-refractivity contribution is -0.149. The van der Waals surface area contributed by atoms with Crippen LogP contribution >= 0.6 is 30.8 Å². The average Bonchev–Trinajstić information content (AvgIpc) is 2.74. The van der Waals surface area contributed by atoms with Gasteiger partial charge in [0.25, 0.3) is 0 Å². The highest BCUT2D eigenvalue weighted by Gasteiger charge is 2.46. The minimum atomic E-state index is -3.80. The Labute approximate surface area is 191 Å². The smallest absolute Gasteiger partial charge is 0.375 e. The summed E-state index contributed by atoms with van der Waals surface area (Å²) in [5, 5.41) is 0.688. The van der Waals surface area contributed by atoms with Crippen molar-refractivity contribution in [2.75, 3.05) is 26.9 Å². The van der Waals surface area contributed by atoms with E-state index in [0.717, 1.165) is 0 Å². The van der Waals surface area contributed by atoms with Crippen molar-refractivity contribution in [3.05, 3.63) is 58.1 Å². The van der Waals surface area contributed by atoms with Crippen molar-refractivity contribution < 1.29 is 32.6 Å². The van der Waals surface area contributed by atoms with E-state index in [-0.39, 0.29) is 29.4 Å². The van der Waals surface area contributed by atoms with Crippen LogP contribution in [-0.2, 0) is 23.1 Å². The molecule has 1 aliphatic rings. The Morgan fingerprint density at radius 3 is 2.35 bits per heavy atom. The molecule has 0 saturated carbocycles. The first kappa shape index (κ1) is 23.9. The van der Waals surface area contributed by atoms with E-state index in [1.54, 1.807) is 30.3 Å². The second-order valence-electron chi connectivity index (χ2n) is 7.73. The minimum Gasteiger partial charge on any atom is -0.497 e. The maximum atomic E-state index is 13.4. The fourth-order valence-corrected chi connectivity index (χ4v) is 5.37. The van der Waals surface area contributed by atoms with Crippen LogP contribution in [0.25, 0.3) is 0 Å². The number of ether oxygens (including phenoxy) is 3. The number of rotatable bonds is 7. The molecule has 10 heteroatoms. The first-order valence-corrected chi connectivity index (χ1v) is 11.8. The molecule has 0 N–H and O–H groups in total. The summed E-state index contributed by atoms with van der Waals surface area (Å²) in [4.78, 5) is 12.5. The Balaban J connectivity index is 1.77. The lowest BCUT2D eigenvalue weighted by atomic mass is 9.97. The molecule has 2 aromatic carbocycles. The third-order valence-electron chi connectivity index (χ3n) is 4.44. The molecule has 0 bridgehead atoms. The van der Waals surface area contributed by atoms with Gasteiger partial charge >= 0.3 is 13.6 Å². The summed E-state index contributed by atoms with van der Waals surface area (Å²) in [6.45, 7) is 3.79. The SMILES string of the molecule is COc1ccc(C(OC(=O)COc2ccc(Cl)cc2Cl)P2(=O)OCC(C)(C)CO2)cc1. The predicted molar refractivity (Wildman–Crippen MR) is 117 cm³/mol. The van der Waals surface area contributed by atoms with Crippen molar-refractivity contribution in [2.24, 2.45) is 5.41 Å². The second kappa shape index (κ2) is 9.80. The van der Waals surface area contributed by atoms with Gasteiger partial charge in [0, 0.05) is 16.0 Å². The van der Waals surface area contributed by atoms with Crippen molar-refractivity contribution >= 4 is 36.8 Å². The maximum Gasteiger partial charge on any atom is 0.375 e. The van der Waals surface area contributed by atoms with Crippen LogP contribution in [0, 0.1) is 5.41 Å². The van der Waals surface area contributed by atoms with Crippen molar-refractivity contribution in [1.29, 1.82) is 0 Å². The third kappa shape index (κ3) is 6.15. The first-order valence-electron chi connectivity index (χ1n) is 9.42. The van der Waals surface area contributed by atoms with Crippen molar-refractivity contribution in [1.82, 2.24) is 0 Å². The van der Waals surface area contributed by atoms with Gasteiger partial charge in [-0.3, -0.25) is 4.57 Å². The molecule has 3 rings (SSSR count). The maximum absolute atomic E-state index is 13.4. The lowest BCUT2D eigenvalue weighted by Crippen LogP contribution is -2.31. The number of methoxy groups -OCH3 is 1. The van der Waals surface area contributed by atoms with Gasteiger partial charge in [0.1, 0.15) is 11.5 Å². The monoisotopic (exact) mass is 488 g/mol. The molecule has 0 aliphatic carbocycles. The highest BCUT2D eigenvalue weighted by Crippen LogP contribution is 2.64. The molecule has 1 heterocycles. The van der Waals surface area contributed by atoms with Gasteiger partial charge in [-0.1, -0.05) is 49.2 Å². The van der Waals surface area contributed by atoms with E-state index in [1.165, 1.54) is 19.2 Å². The molecule has 7 nitrogen and oxygen atoms in total. The molecule has 0 spiro atoms. The van der Waals surface area contributed by atoms with E-state index in [1.807, 2.05) is 13.8 Å². The summed E-state index contributed by atoms with van der Waals surface area (Å²) >= 11 is 11.9. The normalized spacial score (nSPS) is 18.1. The Morgan fingerprint density at radius 1 is 1.13 bits per heavy atom. The molecule has 31 heavy (non-hydrogen) atoms. The first-order chi connectivity index (χ1) is 14.6. The van der Waals surface area contributed by atoms with Crippen LogP contribution in [0.5, 0.6) is 11.5 Å². The summed E-state index contributed by atoms with van der Waals surface area (Å²) in [5.41, 5.74) is 0.137. The zero-order valence-corrected chi connectivity index (χ0v) is 19.7. The van der Waals surface area contributed by atoms with Gasteiger partial charge in [0.15, 0.2) is 6.61 Å². The summed E-state index contributed by atoms with van der Waals surface area (Å²) in [6, 6.07) is 11.2. The van der Waals surface area contributed by atoms with E-state index in [4.69, 9.17) is 46.5 Å². The molecular formula is C21H23Cl2O7P. The van der Waals surface area contributed by atoms with Crippen LogP contribution in [0.15, 0.2) is 42.5 Å². The summed E-state index contributed by atoms with van der Waals surface area (Å²) in [5.74, 6) is -1.16. The minimum absolute atomic E-state index is 0.200. The largest absolute Gasteiger partial charge is 0.497 e. The van der Waals surface area contributed by atoms with Crippen LogP contribution in [-0.4, -0.2) is 32.9 Å². The third-order valence-corrected chi connectivity index (χ3v) is 6.93. The number of carbonyl (C=O) groups is 1. The van der Waals surface area contributed by atoms with E-state index >= 15 is 0 Å². The molecular weight excluding hydrogens is 466 g/mol. The topological polar surface area (TPSA) is 80.3 Å². The molecule has 1 fully saturated rings. The molecule has 168 valence electrons. The summed E-state index contributed by atoms with van der Waals surface area (Å²) in [7, 11) is -2.27. The van der Waals surface area contributed by atoms with Crippen LogP contribution in [0.2, 0.25) is 10.0 Å². The molecule has 2 aromatic rings. The summed E-state index contributed by atoms with van der Waals surface area (Å²) < 4.78 is 40.7. The zero-order chi connectivity index (χ0) is 22.6. The number of hydrogen-bond donors (Lipinski definition) is 0. The highest BCUT2D eigenvalue weighted by atomic mass is 35.5. The quantitative estimate of drug-likeness (QED) is 0.355. The number of halogens is 2. The van der Waals surface area contributed by atoms with Gasteiger partial charge < -0.3 is 23.3 Å². The van der Waals surface area contributed by atoms with Gasteiger partial charge in [-0.25, -0.2) is 4.79 Å². The van der Waals surface area contributed by atoms with Crippen LogP contribution in [0.1, 0.15) is 25.3 Å². The Bertz CT molecular complexity index is 964. The van der Waals surface area contributed by atoms with Gasteiger partial charge in [0.05, 0.1) is 25.3 Å². The van der Waals surface area contributed by atoms with Gasteiger partial charge in [-0.2, -0.15) is 0 Å². The van der Waals surface area contributed by atoms with E-state index in [2.05, 4.69) is 0 Å². The van der Waals surface area contributed by atoms with Crippen LogP contribution in [0.3, 0.4) is 0 Å². The van der Waals surface area contributed by atoms with Gasteiger partial charge in [0.2, 0.25) is 5.85 Å². The van der Waals surface area contributed by atoms with Crippen molar-refractivity contribution in [2.45, 2.75) is 19.7 Å². The molecule has 0 amide bonds. The average molecular weight is 489 g/mol. The molecule has 1 unspecified atom stereocenters. The Kier molecular flexibility index (Phi) is 7.55. The van der Waals surface area contributed by atoms with E-state index in [9.17, 15) is 9.36 Å². The lowest BCUT2D eigenvalue weighted by Gasteiger charge is -2.37. The zero-order valence-electron chi connectivity index (χ0n) is 17.3. The number of esters is 1. The number of carbonyl (C=O) groups excluding carboxylic acids is 1. The fraction of sp³-hybridized carbons (Fsp3) is 0.381. The predicted octanol–water partition coefficient (Wildman–Crippen LogP) is 5.89. The van der Waals surface area contributed by atoms with Gasteiger partial charge in [-0.05, 0) is 30.3 Å². The number of benzene rings is 2. The van der Waals surface area contributed by atoms with Crippen molar-refractivity contribution in [3.63, 3.8) is 0 Å². The second-order valence-corrected chi connectivity index (χ2v) is 10.6.